The summed E-state index contributed by atoms with van der Waals surface area (Å²) in [5, 5.41) is 6.25. The van der Waals surface area contributed by atoms with Crippen molar-refractivity contribution >= 4 is 23.4 Å². The summed E-state index contributed by atoms with van der Waals surface area (Å²) in [6.45, 7) is 4.31. The number of carbonyl (C=O) groups excluding carboxylic acids is 3. The van der Waals surface area contributed by atoms with E-state index in [1.807, 2.05) is 74.5 Å². The second kappa shape index (κ2) is 9.70. The van der Waals surface area contributed by atoms with Crippen LogP contribution in [0.15, 0.2) is 60.7 Å². The van der Waals surface area contributed by atoms with Crippen molar-refractivity contribution in [2.75, 3.05) is 5.32 Å². The largest absolute Gasteiger partial charge is 0.359 e. The van der Waals surface area contributed by atoms with E-state index in [1.54, 1.807) is 4.90 Å². The first kappa shape index (κ1) is 24.9. The molecule has 0 aromatic heterocycles. The Labute approximate surface area is 223 Å². The molecule has 4 aliphatic rings. The van der Waals surface area contributed by atoms with Gasteiger partial charge in [0.2, 0.25) is 17.7 Å². The van der Waals surface area contributed by atoms with E-state index >= 15 is 0 Å². The summed E-state index contributed by atoms with van der Waals surface area (Å²) in [5.74, 6) is -2.11. The number of hydrogen-bond donors (Lipinski definition) is 2. The number of ether oxygens (including phenoxy) is 1. The summed E-state index contributed by atoms with van der Waals surface area (Å²) < 4.78 is 6.46. The average Bonchev–Trinajstić information content (AvgIpc) is 3.55. The molecule has 2 aromatic carbocycles. The Balaban J connectivity index is 1.32. The lowest BCUT2D eigenvalue weighted by molar-refractivity contribution is -0.142. The van der Waals surface area contributed by atoms with Crippen molar-refractivity contribution in [2.45, 2.75) is 76.3 Å². The third kappa shape index (κ3) is 4.13. The quantitative estimate of drug-likeness (QED) is 0.571. The van der Waals surface area contributed by atoms with Crippen LogP contribution in [-0.4, -0.2) is 46.4 Å². The van der Waals surface area contributed by atoms with Crippen molar-refractivity contribution in [1.29, 1.82) is 0 Å². The van der Waals surface area contributed by atoms with E-state index in [9.17, 15) is 14.4 Å². The number of aryl methyl sites for hydroxylation is 2. The normalized spacial score (nSPS) is 29.9. The number of nitrogens with zero attached hydrogens (tertiary/aromatic N) is 1. The average molecular weight is 514 g/mol. The molecule has 6 rings (SSSR count). The van der Waals surface area contributed by atoms with Crippen molar-refractivity contribution in [3.8, 4) is 0 Å². The monoisotopic (exact) mass is 513 g/mol. The van der Waals surface area contributed by atoms with Crippen molar-refractivity contribution < 1.29 is 19.1 Å². The Kier molecular flexibility index (Phi) is 6.34. The number of hydrogen-bond acceptors (Lipinski definition) is 4. The van der Waals surface area contributed by atoms with Gasteiger partial charge in [-0.05, 0) is 55.5 Å². The van der Waals surface area contributed by atoms with Crippen LogP contribution in [-0.2, 0) is 25.7 Å². The van der Waals surface area contributed by atoms with E-state index in [0.717, 1.165) is 42.4 Å². The maximum atomic E-state index is 14.1. The zero-order valence-electron chi connectivity index (χ0n) is 22.0. The molecule has 0 unspecified atom stereocenters. The molecule has 7 nitrogen and oxygen atoms in total. The van der Waals surface area contributed by atoms with Crippen molar-refractivity contribution in [1.82, 2.24) is 10.2 Å². The molecule has 3 heterocycles. The molecule has 198 valence electrons. The standard InChI is InChI=1S/C31H35N3O4/c1-19-13-14-23(17-20(19)2)33-28(35)25-24-15-16-31(38-24)26(25)30(37)34(18-21-9-5-3-6-10-21)27(31)29(36)32-22-11-7-4-8-12-22/h3,5-6,9-10,13-17,22,24-27H,4,7-8,11-12,18H2,1-2H3,(H,32,36)(H,33,35)/t24-,25+,26-,27+,31-/m0/s1. The first-order valence-electron chi connectivity index (χ1n) is 13.8. The third-order valence-electron chi connectivity index (χ3n) is 8.85. The van der Waals surface area contributed by atoms with Gasteiger partial charge < -0.3 is 20.3 Å². The Morgan fingerprint density at radius 2 is 1.76 bits per heavy atom. The zero-order valence-corrected chi connectivity index (χ0v) is 22.0. The molecule has 5 atom stereocenters. The van der Waals surface area contributed by atoms with Gasteiger partial charge in [-0.25, -0.2) is 0 Å². The van der Waals surface area contributed by atoms with Gasteiger partial charge in [0.05, 0.1) is 17.9 Å². The zero-order chi connectivity index (χ0) is 26.4. The Hall–Kier alpha value is -3.45. The van der Waals surface area contributed by atoms with Gasteiger partial charge in [0.25, 0.3) is 0 Å². The molecule has 3 aliphatic heterocycles. The lowest BCUT2D eigenvalue weighted by Crippen LogP contribution is -2.56. The predicted molar refractivity (Wildman–Crippen MR) is 144 cm³/mol. The smallest absolute Gasteiger partial charge is 0.246 e. The van der Waals surface area contributed by atoms with Crippen LogP contribution < -0.4 is 10.6 Å². The molecule has 2 bridgehead atoms. The van der Waals surface area contributed by atoms with Crippen LogP contribution in [0.4, 0.5) is 5.69 Å². The number of anilines is 1. The summed E-state index contributed by atoms with van der Waals surface area (Å²) in [7, 11) is 0. The summed E-state index contributed by atoms with van der Waals surface area (Å²) in [6.07, 6.45) is 8.45. The number of nitrogens with one attached hydrogen (secondary N) is 2. The van der Waals surface area contributed by atoms with Gasteiger partial charge in [0.1, 0.15) is 11.6 Å². The minimum Gasteiger partial charge on any atom is -0.359 e. The van der Waals surface area contributed by atoms with Crippen LogP contribution >= 0.6 is 0 Å². The van der Waals surface area contributed by atoms with Crippen LogP contribution in [0, 0.1) is 25.7 Å². The van der Waals surface area contributed by atoms with Crippen molar-refractivity contribution in [2.24, 2.45) is 11.8 Å². The van der Waals surface area contributed by atoms with Gasteiger partial charge in [0, 0.05) is 18.3 Å². The van der Waals surface area contributed by atoms with E-state index in [0.29, 0.717) is 5.69 Å². The SMILES string of the molecule is Cc1ccc(NC(=O)[C@@H]2[C@@H]3C=C[C@]4(O3)[C@@H]2C(=O)N(Cc2ccccc2)[C@@H]4C(=O)NC2CCCCC2)cc1C. The van der Waals surface area contributed by atoms with Gasteiger partial charge >= 0.3 is 0 Å². The van der Waals surface area contributed by atoms with E-state index in [4.69, 9.17) is 4.74 Å². The van der Waals surface area contributed by atoms with Crippen LogP contribution in [0.3, 0.4) is 0 Å². The van der Waals surface area contributed by atoms with Crippen LogP contribution in [0.25, 0.3) is 0 Å². The molecule has 7 heteroatoms. The predicted octanol–water partition coefficient (Wildman–Crippen LogP) is 4.04. The highest BCUT2D eigenvalue weighted by molar-refractivity contribution is 6.02. The molecule has 0 radical (unpaired) electrons. The maximum absolute atomic E-state index is 14.1. The Morgan fingerprint density at radius 3 is 2.50 bits per heavy atom. The van der Waals surface area contributed by atoms with Gasteiger partial charge in [0.15, 0.2) is 0 Å². The van der Waals surface area contributed by atoms with Crippen LogP contribution in [0.5, 0.6) is 0 Å². The fourth-order valence-corrected chi connectivity index (χ4v) is 6.79. The van der Waals surface area contributed by atoms with Crippen molar-refractivity contribution in [3.63, 3.8) is 0 Å². The highest BCUT2D eigenvalue weighted by Crippen LogP contribution is 2.55. The summed E-state index contributed by atoms with van der Waals surface area (Å²) in [4.78, 5) is 43.3. The fourth-order valence-electron chi connectivity index (χ4n) is 6.79. The van der Waals surface area contributed by atoms with Crippen molar-refractivity contribution in [3.05, 3.63) is 77.4 Å². The molecule has 1 saturated carbocycles. The molecular formula is C31H35N3O4. The van der Waals surface area contributed by atoms with Crippen LogP contribution in [0.1, 0.15) is 48.8 Å². The van der Waals surface area contributed by atoms with Gasteiger partial charge in [-0.15, -0.1) is 0 Å². The van der Waals surface area contributed by atoms with E-state index < -0.39 is 29.6 Å². The molecular weight excluding hydrogens is 478 g/mol. The number of amides is 3. The first-order chi connectivity index (χ1) is 18.4. The van der Waals surface area contributed by atoms with E-state index in [2.05, 4.69) is 10.6 Å². The fraction of sp³-hybridized carbons (Fsp3) is 0.452. The number of carbonyl (C=O) groups is 3. The van der Waals surface area contributed by atoms with Gasteiger partial charge in [-0.1, -0.05) is 67.8 Å². The topological polar surface area (TPSA) is 87.7 Å². The highest BCUT2D eigenvalue weighted by Gasteiger charge is 2.72. The highest BCUT2D eigenvalue weighted by atomic mass is 16.5. The Morgan fingerprint density at radius 1 is 1.00 bits per heavy atom. The molecule has 2 aromatic rings. The first-order valence-corrected chi connectivity index (χ1v) is 13.8. The minimum atomic E-state index is -1.15. The third-order valence-corrected chi connectivity index (χ3v) is 8.85. The lowest BCUT2D eigenvalue weighted by atomic mass is 9.74. The summed E-state index contributed by atoms with van der Waals surface area (Å²) >= 11 is 0. The summed E-state index contributed by atoms with van der Waals surface area (Å²) in [6, 6.07) is 14.7. The molecule has 38 heavy (non-hydrogen) atoms. The molecule has 3 fully saturated rings. The summed E-state index contributed by atoms with van der Waals surface area (Å²) in [5.41, 5.74) is 2.69. The van der Waals surface area contributed by atoms with Crippen LogP contribution in [0.2, 0.25) is 0 Å². The lowest BCUT2D eigenvalue weighted by Gasteiger charge is -2.34. The van der Waals surface area contributed by atoms with Gasteiger partial charge in [-0.3, -0.25) is 14.4 Å². The van der Waals surface area contributed by atoms with E-state index in [1.165, 1.54) is 6.42 Å². The molecule has 3 amide bonds. The van der Waals surface area contributed by atoms with Gasteiger partial charge in [-0.2, -0.15) is 0 Å². The molecule has 1 spiro atoms. The number of benzene rings is 2. The molecule has 1 aliphatic carbocycles. The number of rotatable bonds is 6. The second-order valence-electron chi connectivity index (χ2n) is 11.3. The second-order valence-corrected chi connectivity index (χ2v) is 11.3. The number of fused-ring (bicyclic) bond motifs is 1. The number of likely N-dealkylation sites (tertiary alicyclic amines) is 1. The Bertz CT molecular complexity index is 1290. The maximum Gasteiger partial charge on any atom is 0.246 e. The molecule has 2 saturated heterocycles. The molecule has 2 N–H and O–H groups in total. The van der Waals surface area contributed by atoms with E-state index in [-0.39, 0.29) is 30.3 Å². The minimum absolute atomic E-state index is 0.104.